The van der Waals surface area contributed by atoms with Crippen molar-refractivity contribution < 1.29 is 18.7 Å². The molecule has 0 bridgehead atoms. The molecular weight excluding hydrogens is 323 g/mol. The highest BCUT2D eigenvalue weighted by Gasteiger charge is 2.06. The summed E-state index contributed by atoms with van der Waals surface area (Å²) in [6, 6.07) is 11.1. The van der Waals surface area contributed by atoms with E-state index in [1.165, 1.54) is 18.2 Å². The Hall–Kier alpha value is -3.15. The van der Waals surface area contributed by atoms with Gasteiger partial charge in [0, 0.05) is 11.8 Å². The van der Waals surface area contributed by atoms with E-state index in [4.69, 9.17) is 10.5 Å². The molecule has 2 amide bonds. The Morgan fingerprint density at radius 1 is 1.24 bits per heavy atom. The van der Waals surface area contributed by atoms with Crippen molar-refractivity contribution in [1.82, 2.24) is 0 Å². The third-order valence-electron chi connectivity index (χ3n) is 3.46. The molecule has 0 saturated carbocycles. The molecule has 130 valence electrons. The van der Waals surface area contributed by atoms with Crippen molar-refractivity contribution in [3.63, 3.8) is 0 Å². The van der Waals surface area contributed by atoms with Gasteiger partial charge < -0.3 is 15.8 Å². The molecule has 6 heteroatoms. The zero-order valence-electron chi connectivity index (χ0n) is 14.0. The van der Waals surface area contributed by atoms with Gasteiger partial charge in [-0.3, -0.25) is 9.59 Å². The van der Waals surface area contributed by atoms with Crippen molar-refractivity contribution in [2.75, 3.05) is 11.9 Å². The van der Waals surface area contributed by atoms with Gasteiger partial charge in [0.05, 0.1) is 0 Å². The number of benzene rings is 2. The van der Waals surface area contributed by atoms with E-state index in [2.05, 4.69) is 5.32 Å². The highest BCUT2D eigenvalue weighted by molar-refractivity contribution is 6.04. The van der Waals surface area contributed by atoms with Crippen LogP contribution in [0, 0.1) is 12.7 Å². The summed E-state index contributed by atoms with van der Waals surface area (Å²) in [4.78, 5) is 22.9. The number of anilines is 1. The van der Waals surface area contributed by atoms with Gasteiger partial charge in [0.15, 0.2) is 6.61 Å². The summed E-state index contributed by atoms with van der Waals surface area (Å²) >= 11 is 0. The van der Waals surface area contributed by atoms with E-state index in [0.29, 0.717) is 22.6 Å². The lowest BCUT2D eigenvalue weighted by Crippen LogP contribution is -2.20. The Morgan fingerprint density at radius 2 is 2.00 bits per heavy atom. The van der Waals surface area contributed by atoms with E-state index >= 15 is 0 Å². The monoisotopic (exact) mass is 342 g/mol. The van der Waals surface area contributed by atoms with Crippen LogP contribution in [0.4, 0.5) is 10.1 Å². The van der Waals surface area contributed by atoms with Gasteiger partial charge in [-0.15, -0.1) is 0 Å². The van der Waals surface area contributed by atoms with Gasteiger partial charge in [-0.05, 0) is 60.9 Å². The van der Waals surface area contributed by atoms with E-state index in [1.54, 1.807) is 44.2 Å². The molecule has 2 aromatic rings. The Balaban J connectivity index is 2.07. The van der Waals surface area contributed by atoms with Crippen molar-refractivity contribution >= 4 is 23.1 Å². The Kier molecular flexibility index (Phi) is 5.89. The molecule has 0 aliphatic carbocycles. The molecule has 0 saturated heterocycles. The van der Waals surface area contributed by atoms with Crippen LogP contribution in [-0.4, -0.2) is 18.4 Å². The van der Waals surface area contributed by atoms with Crippen LogP contribution in [-0.2, 0) is 9.59 Å². The van der Waals surface area contributed by atoms with Crippen LogP contribution in [0.2, 0.25) is 0 Å². The maximum atomic E-state index is 13.2. The highest BCUT2D eigenvalue weighted by Crippen LogP contribution is 2.22. The second-order valence-electron chi connectivity index (χ2n) is 5.56. The van der Waals surface area contributed by atoms with Crippen LogP contribution in [0.25, 0.3) is 5.57 Å². The third-order valence-corrected chi connectivity index (χ3v) is 3.46. The molecule has 0 fully saturated rings. The minimum atomic E-state index is -0.562. The van der Waals surface area contributed by atoms with Crippen molar-refractivity contribution in [2.45, 2.75) is 13.8 Å². The minimum absolute atomic E-state index is 0.208. The minimum Gasteiger partial charge on any atom is -0.484 e. The number of amides is 2. The second kappa shape index (κ2) is 8.10. The number of nitrogens with two attached hydrogens (primary N) is 1. The van der Waals surface area contributed by atoms with Gasteiger partial charge in [0.2, 0.25) is 5.91 Å². The number of primary amides is 1. The smallest absolute Gasteiger partial charge is 0.255 e. The molecule has 0 unspecified atom stereocenters. The molecule has 0 atom stereocenters. The number of rotatable bonds is 6. The summed E-state index contributed by atoms with van der Waals surface area (Å²) in [6.07, 6.45) is 1.41. The van der Waals surface area contributed by atoms with Crippen LogP contribution >= 0.6 is 0 Å². The first-order chi connectivity index (χ1) is 11.8. The van der Waals surface area contributed by atoms with E-state index in [1.807, 2.05) is 0 Å². The van der Waals surface area contributed by atoms with E-state index in [-0.39, 0.29) is 18.3 Å². The SMILES string of the molecule is CC(=CC(=O)Nc1ccc(OCC(N)=O)cc1C)c1cccc(F)c1. The van der Waals surface area contributed by atoms with Crippen LogP contribution in [0.3, 0.4) is 0 Å². The molecule has 0 aliphatic rings. The molecule has 0 heterocycles. The molecule has 2 aromatic carbocycles. The molecule has 25 heavy (non-hydrogen) atoms. The maximum Gasteiger partial charge on any atom is 0.255 e. The van der Waals surface area contributed by atoms with Crippen LogP contribution in [0.15, 0.2) is 48.5 Å². The van der Waals surface area contributed by atoms with Crippen LogP contribution in [0.1, 0.15) is 18.1 Å². The van der Waals surface area contributed by atoms with Crippen LogP contribution in [0.5, 0.6) is 5.75 Å². The summed E-state index contributed by atoms with van der Waals surface area (Å²) < 4.78 is 18.5. The quantitative estimate of drug-likeness (QED) is 0.792. The molecule has 2 rings (SSSR count). The largest absolute Gasteiger partial charge is 0.484 e. The number of hydrogen-bond acceptors (Lipinski definition) is 3. The molecule has 0 aliphatic heterocycles. The van der Waals surface area contributed by atoms with E-state index in [9.17, 15) is 14.0 Å². The number of hydrogen-bond donors (Lipinski definition) is 2. The lowest BCUT2D eigenvalue weighted by Gasteiger charge is -2.10. The summed E-state index contributed by atoms with van der Waals surface area (Å²) in [7, 11) is 0. The molecule has 0 radical (unpaired) electrons. The maximum absolute atomic E-state index is 13.2. The Bertz CT molecular complexity index is 831. The Morgan fingerprint density at radius 3 is 2.64 bits per heavy atom. The first kappa shape index (κ1) is 18.2. The van der Waals surface area contributed by atoms with Crippen molar-refractivity contribution in [3.8, 4) is 5.75 Å². The van der Waals surface area contributed by atoms with Crippen molar-refractivity contribution in [2.24, 2.45) is 5.73 Å². The lowest BCUT2D eigenvalue weighted by molar-refractivity contribution is -0.120. The summed E-state index contributed by atoms with van der Waals surface area (Å²) in [5.41, 5.74) is 7.70. The fourth-order valence-corrected chi connectivity index (χ4v) is 2.20. The first-order valence-electron chi connectivity index (χ1n) is 7.62. The zero-order valence-corrected chi connectivity index (χ0v) is 14.0. The van der Waals surface area contributed by atoms with Gasteiger partial charge in [-0.1, -0.05) is 12.1 Å². The lowest BCUT2D eigenvalue weighted by atomic mass is 10.1. The Labute approximate surface area is 145 Å². The van der Waals surface area contributed by atoms with Gasteiger partial charge in [0.1, 0.15) is 11.6 Å². The molecular formula is C19H19FN2O3. The summed E-state index contributed by atoms with van der Waals surface area (Å²) in [5.74, 6) is -0.752. The standard InChI is InChI=1S/C19H19FN2O3/c1-12(14-4-3-5-15(20)10-14)9-19(24)22-17-7-6-16(8-13(17)2)25-11-18(21)23/h3-10H,11H2,1-2H3,(H2,21,23)(H,22,24). The predicted molar refractivity (Wildman–Crippen MR) is 94.5 cm³/mol. The zero-order chi connectivity index (χ0) is 18.4. The number of halogens is 1. The van der Waals surface area contributed by atoms with E-state index in [0.717, 1.165) is 5.56 Å². The average Bonchev–Trinajstić information content (AvgIpc) is 2.55. The fraction of sp³-hybridized carbons (Fsp3) is 0.158. The van der Waals surface area contributed by atoms with Gasteiger partial charge in [-0.2, -0.15) is 0 Å². The van der Waals surface area contributed by atoms with Gasteiger partial charge >= 0.3 is 0 Å². The summed E-state index contributed by atoms with van der Waals surface area (Å²) in [5, 5.41) is 2.76. The number of nitrogens with one attached hydrogen (secondary N) is 1. The van der Waals surface area contributed by atoms with Gasteiger partial charge in [-0.25, -0.2) is 4.39 Å². The second-order valence-corrected chi connectivity index (χ2v) is 5.56. The third kappa shape index (κ3) is 5.46. The number of carbonyl (C=O) groups is 2. The average molecular weight is 342 g/mol. The topological polar surface area (TPSA) is 81.4 Å². The van der Waals surface area contributed by atoms with E-state index < -0.39 is 5.91 Å². The first-order valence-corrected chi connectivity index (χ1v) is 7.62. The number of carbonyl (C=O) groups excluding carboxylic acids is 2. The van der Waals surface area contributed by atoms with Crippen molar-refractivity contribution in [3.05, 3.63) is 65.5 Å². The number of allylic oxidation sites excluding steroid dienone is 1. The van der Waals surface area contributed by atoms with Crippen molar-refractivity contribution in [1.29, 1.82) is 0 Å². The summed E-state index contributed by atoms with van der Waals surface area (Å²) in [6.45, 7) is 3.33. The predicted octanol–water partition coefficient (Wildman–Crippen LogP) is 3.04. The molecule has 0 spiro atoms. The molecule has 0 aromatic heterocycles. The normalized spacial score (nSPS) is 11.1. The molecule has 3 N–H and O–H groups in total. The highest BCUT2D eigenvalue weighted by atomic mass is 19.1. The van der Waals surface area contributed by atoms with Crippen LogP contribution < -0.4 is 15.8 Å². The fourth-order valence-electron chi connectivity index (χ4n) is 2.20. The number of ether oxygens (including phenoxy) is 1. The number of aryl methyl sites for hydroxylation is 1. The van der Waals surface area contributed by atoms with Gasteiger partial charge in [0.25, 0.3) is 5.91 Å². The molecule has 5 nitrogen and oxygen atoms in total.